The van der Waals surface area contributed by atoms with Crippen molar-refractivity contribution in [2.75, 3.05) is 12.4 Å². The third kappa shape index (κ3) is 4.90. The summed E-state index contributed by atoms with van der Waals surface area (Å²) in [6, 6.07) is 21.8. The summed E-state index contributed by atoms with van der Waals surface area (Å²) < 4.78 is 7.66. The van der Waals surface area contributed by atoms with Gasteiger partial charge in [-0.05, 0) is 36.4 Å². The second kappa shape index (κ2) is 10.8. The van der Waals surface area contributed by atoms with E-state index in [9.17, 15) is 14.9 Å². The summed E-state index contributed by atoms with van der Waals surface area (Å²) in [7, 11) is 1.48. The van der Waals surface area contributed by atoms with Gasteiger partial charge in [0.05, 0.1) is 40.1 Å². The molecule has 200 valence electrons. The van der Waals surface area contributed by atoms with E-state index in [2.05, 4.69) is 35.6 Å². The Morgan fingerprint density at radius 2 is 1.83 bits per heavy atom. The molecule has 2 N–H and O–H groups in total. The molecule has 3 aromatic carbocycles. The lowest BCUT2D eigenvalue weighted by molar-refractivity contribution is -0.117. The molecular formula is C28H19N9O3S. The van der Waals surface area contributed by atoms with Crippen molar-refractivity contribution in [2.24, 2.45) is 10.2 Å². The van der Waals surface area contributed by atoms with Gasteiger partial charge in [-0.15, -0.1) is 5.11 Å². The number of carbonyl (C=O) groups excluding carboxylic acids is 1. The summed E-state index contributed by atoms with van der Waals surface area (Å²) in [4.78, 5) is 38.2. The molecule has 6 rings (SSSR count). The number of amides is 1. The molecule has 0 bridgehead atoms. The first-order chi connectivity index (χ1) is 20.1. The highest BCUT2D eigenvalue weighted by molar-refractivity contribution is 7.20. The number of aromatic amines is 1. The van der Waals surface area contributed by atoms with Gasteiger partial charge < -0.3 is 15.0 Å². The fourth-order valence-electron chi connectivity index (χ4n) is 4.13. The Kier molecular flexibility index (Phi) is 6.72. The number of anilines is 1. The monoisotopic (exact) mass is 561 g/mol. The van der Waals surface area contributed by atoms with Crippen molar-refractivity contribution in [3.05, 3.63) is 101 Å². The molecule has 0 radical (unpaired) electrons. The molecule has 1 atom stereocenters. The van der Waals surface area contributed by atoms with E-state index in [0.717, 1.165) is 10.2 Å². The number of hydrogen-bond donors (Lipinski definition) is 2. The molecule has 0 aliphatic rings. The van der Waals surface area contributed by atoms with Crippen LogP contribution in [0.1, 0.15) is 17.4 Å². The molecule has 0 saturated carbocycles. The molecule has 3 aromatic heterocycles. The normalized spacial score (nSPS) is 12.0. The lowest BCUT2D eigenvalue weighted by Gasteiger charge is -2.14. The lowest BCUT2D eigenvalue weighted by Crippen LogP contribution is -2.24. The smallest absolute Gasteiger partial charge is 0.259 e. The van der Waals surface area contributed by atoms with E-state index < -0.39 is 17.5 Å². The molecule has 1 unspecified atom stereocenters. The fraction of sp³-hybridized carbons (Fsp3) is 0.0714. The predicted molar refractivity (Wildman–Crippen MR) is 153 cm³/mol. The second-order valence-corrected chi connectivity index (χ2v) is 9.65. The van der Waals surface area contributed by atoms with E-state index in [-0.39, 0.29) is 17.2 Å². The van der Waals surface area contributed by atoms with Crippen molar-refractivity contribution in [3.8, 4) is 17.0 Å². The molecule has 1 amide bonds. The molecule has 3 heterocycles. The highest BCUT2D eigenvalue weighted by Gasteiger charge is 2.26. The Morgan fingerprint density at radius 3 is 2.63 bits per heavy atom. The summed E-state index contributed by atoms with van der Waals surface area (Å²) in [6.45, 7) is 0. The number of nitrogens with one attached hydrogen (secondary N) is 2. The molecular weight excluding hydrogens is 542 g/mol. The highest BCUT2D eigenvalue weighted by Crippen LogP contribution is 2.31. The SMILES string of the molecule is COc1ccccc1NC(=O)C(N=Nc1c(C#N)cnn1-c1nc2ccccc2s1)c1nc2ccccc2c(=O)[nH]1. The number of para-hydroxylation sites is 4. The van der Waals surface area contributed by atoms with Gasteiger partial charge in [0.2, 0.25) is 11.2 Å². The lowest BCUT2D eigenvalue weighted by atomic mass is 10.2. The average molecular weight is 562 g/mol. The van der Waals surface area contributed by atoms with Crippen LogP contribution in [0.2, 0.25) is 0 Å². The highest BCUT2D eigenvalue weighted by atomic mass is 32.1. The number of aromatic nitrogens is 5. The van der Waals surface area contributed by atoms with Crippen LogP contribution >= 0.6 is 11.3 Å². The first-order valence-electron chi connectivity index (χ1n) is 12.2. The largest absolute Gasteiger partial charge is 0.495 e. The number of H-pyrrole nitrogens is 1. The number of carbonyl (C=O) groups is 1. The minimum Gasteiger partial charge on any atom is -0.495 e. The predicted octanol–water partition coefficient (Wildman–Crippen LogP) is 5.06. The van der Waals surface area contributed by atoms with Crippen molar-refractivity contribution in [1.29, 1.82) is 5.26 Å². The van der Waals surface area contributed by atoms with Gasteiger partial charge in [-0.1, -0.05) is 47.7 Å². The molecule has 0 fully saturated rings. The number of hydrogen-bond acceptors (Lipinski definition) is 10. The number of rotatable bonds is 7. The maximum absolute atomic E-state index is 13.6. The van der Waals surface area contributed by atoms with Crippen molar-refractivity contribution in [2.45, 2.75) is 6.04 Å². The Labute approximate surface area is 235 Å². The molecule has 0 aliphatic carbocycles. The molecule has 13 heteroatoms. The van der Waals surface area contributed by atoms with Crippen LogP contribution < -0.4 is 15.6 Å². The van der Waals surface area contributed by atoms with Crippen molar-refractivity contribution in [3.63, 3.8) is 0 Å². The number of azo groups is 1. The van der Waals surface area contributed by atoms with Gasteiger partial charge in [-0.25, -0.2) is 9.97 Å². The third-order valence-corrected chi connectivity index (χ3v) is 7.11. The summed E-state index contributed by atoms with van der Waals surface area (Å²) in [5.41, 5.74) is 1.22. The van der Waals surface area contributed by atoms with Gasteiger partial charge in [-0.2, -0.15) is 20.2 Å². The van der Waals surface area contributed by atoms with Crippen LogP contribution in [0.3, 0.4) is 0 Å². The first kappa shape index (κ1) is 25.5. The van der Waals surface area contributed by atoms with Crippen LogP contribution in [-0.4, -0.2) is 37.7 Å². The van der Waals surface area contributed by atoms with E-state index in [1.807, 2.05) is 30.3 Å². The van der Waals surface area contributed by atoms with Crippen molar-refractivity contribution < 1.29 is 9.53 Å². The summed E-state index contributed by atoms with van der Waals surface area (Å²) in [5, 5.41) is 26.2. The molecule has 0 spiro atoms. The maximum atomic E-state index is 13.6. The summed E-state index contributed by atoms with van der Waals surface area (Å²) in [5.74, 6) is -0.169. The van der Waals surface area contributed by atoms with Crippen LogP contribution in [0.4, 0.5) is 11.5 Å². The third-order valence-electron chi connectivity index (χ3n) is 6.10. The number of methoxy groups -OCH3 is 1. The quantitative estimate of drug-likeness (QED) is 0.257. The molecule has 0 aliphatic heterocycles. The van der Waals surface area contributed by atoms with Gasteiger partial charge in [0.15, 0.2) is 5.82 Å². The average Bonchev–Trinajstić information content (AvgIpc) is 3.61. The maximum Gasteiger partial charge on any atom is 0.259 e. The number of nitriles is 1. The van der Waals surface area contributed by atoms with E-state index in [0.29, 0.717) is 27.5 Å². The Hall–Kier alpha value is -5.74. The minimum absolute atomic E-state index is 0.0330. The summed E-state index contributed by atoms with van der Waals surface area (Å²) in [6.07, 6.45) is 1.35. The molecule has 6 aromatic rings. The van der Waals surface area contributed by atoms with Gasteiger partial charge >= 0.3 is 0 Å². The zero-order valence-electron chi connectivity index (χ0n) is 21.3. The topological polar surface area (TPSA) is 163 Å². The Bertz CT molecular complexity index is 2020. The number of fused-ring (bicyclic) bond motifs is 2. The van der Waals surface area contributed by atoms with Crippen molar-refractivity contribution in [1.82, 2.24) is 24.7 Å². The van der Waals surface area contributed by atoms with Gasteiger partial charge in [0, 0.05) is 0 Å². The Morgan fingerprint density at radius 1 is 1.07 bits per heavy atom. The van der Waals surface area contributed by atoms with Crippen LogP contribution in [0, 0.1) is 11.3 Å². The standard InChI is InChI=1S/C28H19N9O3S/c1-40-21-12-6-4-10-19(21)32-27(39)23(24-31-18-9-3-2-8-17(18)26(38)34-24)35-36-25-16(14-29)15-30-37(25)28-33-20-11-5-7-13-22(20)41-28/h2-13,15,23H,1H3,(H,32,39)(H,31,34,38). The van der Waals surface area contributed by atoms with Crippen LogP contribution in [0.25, 0.3) is 26.3 Å². The molecule has 41 heavy (non-hydrogen) atoms. The van der Waals surface area contributed by atoms with E-state index >= 15 is 0 Å². The van der Waals surface area contributed by atoms with Crippen LogP contribution in [0.5, 0.6) is 5.75 Å². The van der Waals surface area contributed by atoms with Gasteiger partial charge in [0.1, 0.15) is 23.2 Å². The van der Waals surface area contributed by atoms with Crippen LogP contribution in [0.15, 0.2) is 94.0 Å². The fourth-order valence-corrected chi connectivity index (χ4v) is 5.06. The Balaban J connectivity index is 1.45. The van der Waals surface area contributed by atoms with Crippen LogP contribution in [-0.2, 0) is 4.79 Å². The number of ether oxygens (including phenoxy) is 1. The second-order valence-electron chi connectivity index (χ2n) is 8.65. The van der Waals surface area contributed by atoms with Crippen molar-refractivity contribution >= 4 is 49.9 Å². The van der Waals surface area contributed by atoms with Gasteiger partial charge in [-0.3, -0.25) is 9.59 Å². The number of benzene rings is 3. The zero-order chi connectivity index (χ0) is 28.3. The van der Waals surface area contributed by atoms with E-state index in [4.69, 9.17) is 4.74 Å². The zero-order valence-corrected chi connectivity index (χ0v) is 22.2. The van der Waals surface area contributed by atoms with Gasteiger partial charge in [0.25, 0.3) is 11.5 Å². The summed E-state index contributed by atoms with van der Waals surface area (Å²) >= 11 is 1.36. The minimum atomic E-state index is -1.40. The molecule has 12 nitrogen and oxygen atoms in total. The number of nitrogens with zero attached hydrogens (tertiary/aromatic N) is 7. The first-order valence-corrected chi connectivity index (χ1v) is 13.0. The molecule has 0 saturated heterocycles. The van der Waals surface area contributed by atoms with E-state index in [1.54, 1.807) is 48.5 Å². The van der Waals surface area contributed by atoms with E-state index in [1.165, 1.54) is 29.3 Å². The number of thiazole rings is 1.